The van der Waals surface area contributed by atoms with E-state index in [0.29, 0.717) is 38.5 Å². The molecule has 34 heavy (non-hydrogen) atoms. The third-order valence-corrected chi connectivity index (χ3v) is 7.37. The number of hydrogen-bond donors (Lipinski definition) is 1. The maximum Gasteiger partial charge on any atom is 0.236 e. The van der Waals surface area contributed by atoms with E-state index in [1.165, 1.54) is 23.1 Å². The number of aromatic nitrogens is 4. The molecule has 0 atom stereocenters. The number of nitrogens with zero attached hydrogens (tertiary/aromatic N) is 4. The highest BCUT2D eigenvalue weighted by molar-refractivity contribution is 9.10. The van der Waals surface area contributed by atoms with E-state index < -0.39 is 0 Å². The Labute approximate surface area is 223 Å². The molecular weight excluding hydrogens is 581 g/mol. The van der Waals surface area contributed by atoms with Crippen LogP contribution in [-0.2, 0) is 17.9 Å². The summed E-state index contributed by atoms with van der Waals surface area (Å²) >= 11 is 18.2. The van der Waals surface area contributed by atoms with Crippen LogP contribution in [0.25, 0.3) is 11.3 Å². The summed E-state index contributed by atoms with van der Waals surface area (Å²) in [6.07, 6.45) is 0. The fourth-order valence-electron chi connectivity index (χ4n) is 2.95. The van der Waals surface area contributed by atoms with E-state index in [1.807, 2.05) is 41.1 Å². The van der Waals surface area contributed by atoms with Crippen LogP contribution >= 0.6 is 62.2 Å². The molecule has 0 aliphatic rings. The van der Waals surface area contributed by atoms with Gasteiger partial charge in [-0.25, -0.2) is 4.98 Å². The standard InChI is InChI=1S/C22H18BrCl2N5O2S2/c1-2-30-19(10-32-18-8-7-15(24)9-16(18)25)28-29-22(30)34-12-20(31)27-21-26-17(11-33-21)13-3-5-14(23)6-4-13/h3-9,11H,2,10,12H2,1H3,(H,26,27,31). The van der Waals surface area contributed by atoms with Crippen molar-refractivity contribution in [2.45, 2.75) is 25.2 Å². The Bertz CT molecular complexity index is 1300. The number of anilines is 1. The Hall–Kier alpha value is -2.11. The van der Waals surface area contributed by atoms with Gasteiger partial charge in [-0.05, 0) is 37.3 Å². The number of ether oxygens (including phenoxy) is 1. The fraction of sp³-hybridized carbons (Fsp3) is 0.182. The zero-order valence-corrected chi connectivity index (χ0v) is 22.5. The third kappa shape index (κ3) is 6.31. The summed E-state index contributed by atoms with van der Waals surface area (Å²) in [6, 6.07) is 12.9. The van der Waals surface area contributed by atoms with Gasteiger partial charge in [0.25, 0.3) is 0 Å². The third-order valence-electron chi connectivity index (χ3n) is 4.58. The van der Waals surface area contributed by atoms with E-state index in [0.717, 1.165) is 15.7 Å². The molecule has 176 valence electrons. The molecule has 4 aromatic rings. The molecule has 2 aromatic heterocycles. The van der Waals surface area contributed by atoms with Crippen LogP contribution in [0.15, 0.2) is 57.5 Å². The second-order valence-corrected chi connectivity index (χ2v) is 10.4. The van der Waals surface area contributed by atoms with Crippen molar-refractivity contribution in [3.63, 3.8) is 0 Å². The smallest absolute Gasteiger partial charge is 0.236 e. The Morgan fingerprint density at radius 3 is 2.74 bits per heavy atom. The second-order valence-electron chi connectivity index (χ2n) is 6.89. The first kappa shape index (κ1) is 25.0. The van der Waals surface area contributed by atoms with Gasteiger partial charge in [-0.1, -0.05) is 63.0 Å². The summed E-state index contributed by atoms with van der Waals surface area (Å²) in [7, 11) is 0. The molecule has 0 aliphatic heterocycles. The molecule has 7 nitrogen and oxygen atoms in total. The van der Waals surface area contributed by atoms with Crippen molar-refractivity contribution in [2.24, 2.45) is 0 Å². The SMILES string of the molecule is CCn1c(COc2ccc(Cl)cc2Cl)nnc1SCC(=O)Nc1nc(-c2ccc(Br)cc2)cs1. The summed E-state index contributed by atoms with van der Waals surface area (Å²) in [5, 5.41) is 15.3. The highest BCUT2D eigenvalue weighted by Crippen LogP contribution is 2.29. The first-order valence-corrected chi connectivity index (χ1v) is 13.5. The molecule has 0 fully saturated rings. The first-order valence-electron chi connectivity index (χ1n) is 10.1. The van der Waals surface area contributed by atoms with Gasteiger partial charge >= 0.3 is 0 Å². The van der Waals surface area contributed by atoms with Gasteiger partial charge in [0.05, 0.1) is 16.5 Å². The molecule has 2 aromatic carbocycles. The number of carbonyl (C=O) groups is 1. The zero-order valence-electron chi connectivity index (χ0n) is 17.8. The van der Waals surface area contributed by atoms with Crippen molar-refractivity contribution in [1.82, 2.24) is 19.7 Å². The van der Waals surface area contributed by atoms with Crippen molar-refractivity contribution in [2.75, 3.05) is 11.1 Å². The van der Waals surface area contributed by atoms with Crippen LogP contribution < -0.4 is 10.1 Å². The van der Waals surface area contributed by atoms with Crippen molar-refractivity contribution >= 4 is 73.3 Å². The Morgan fingerprint density at radius 1 is 1.21 bits per heavy atom. The van der Waals surface area contributed by atoms with Gasteiger partial charge in [0.1, 0.15) is 12.4 Å². The molecule has 1 N–H and O–H groups in total. The lowest BCUT2D eigenvalue weighted by Crippen LogP contribution is -2.14. The predicted molar refractivity (Wildman–Crippen MR) is 141 cm³/mol. The number of hydrogen-bond acceptors (Lipinski definition) is 7. The van der Waals surface area contributed by atoms with E-state index >= 15 is 0 Å². The number of benzene rings is 2. The molecule has 0 unspecified atom stereocenters. The van der Waals surface area contributed by atoms with Crippen molar-refractivity contribution in [3.05, 3.63) is 68.2 Å². The van der Waals surface area contributed by atoms with Crippen molar-refractivity contribution in [1.29, 1.82) is 0 Å². The average Bonchev–Trinajstić information content (AvgIpc) is 3.44. The molecule has 0 saturated carbocycles. The van der Waals surface area contributed by atoms with Crippen LogP contribution in [0.2, 0.25) is 10.0 Å². The number of carbonyl (C=O) groups excluding carboxylic acids is 1. The molecule has 0 radical (unpaired) electrons. The second kappa shape index (κ2) is 11.5. The average molecular weight is 599 g/mol. The molecule has 12 heteroatoms. The van der Waals surface area contributed by atoms with Crippen LogP contribution in [-0.4, -0.2) is 31.4 Å². The molecule has 0 saturated heterocycles. The number of thioether (sulfide) groups is 1. The maximum atomic E-state index is 12.5. The Balaban J connectivity index is 1.33. The number of nitrogens with one attached hydrogen (secondary N) is 1. The van der Waals surface area contributed by atoms with Crippen LogP contribution in [0.1, 0.15) is 12.7 Å². The topological polar surface area (TPSA) is 81.9 Å². The van der Waals surface area contributed by atoms with Gasteiger partial charge in [0, 0.05) is 27.0 Å². The number of rotatable bonds is 9. The lowest BCUT2D eigenvalue weighted by Gasteiger charge is -2.10. The quantitative estimate of drug-likeness (QED) is 0.213. The first-order chi connectivity index (χ1) is 16.4. The molecule has 4 rings (SSSR count). The van der Waals surface area contributed by atoms with Crippen LogP contribution in [0.5, 0.6) is 5.75 Å². The minimum atomic E-state index is -0.168. The van der Waals surface area contributed by atoms with Crippen molar-refractivity contribution in [3.8, 4) is 17.0 Å². The number of amides is 1. The van der Waals surface area contributed by atoms with Crippen LogP contribution in [0.3, 0.4) is 0 Å². The monoisotopic (exact) mass is 597 g/mol. The highest BCUT2D eigenvalue weighted by Gasteiger charge is 2.15. The van der Waals surface area contributed by atoms with Crippen LogP contribution in [0.4, 0.5) is 5.13 Å². The Kier molecular flexibility index (Phi) is 8.49. The largest absolute Gasteiger partial charge is 0.484 e. The van der Waals surface area contributed by atoms with Gasteiger partial charge in [0.2, 0.25) is 5.91 Å². The molecule has 0 spiro atoms. The normalized spacial score (nSPS) is 10.9. The minimum absolute atomic E-state index is 0.168. The lowest BCUT2D eigenvalue weighted by atomic mass is 10.2. The van der Waals surface area contributed by atoms with Gasteiger partial charge in [-0.15, -0.1) is 21.5 Å². The zero-order chi connectivity index (χ0) is 24.1. The van der Waals surface area contributed by atoms with Gasteiger partial charge < -0.3 is 14.6 Å². The van der Waals surface area contributed by atoms with Gasteiger partial charge in [0.15, 0.2) is 16.1 Å². The van der Waals surface area contributed by atoms with E-state index in [-0.39, 0.29) is 18.3 Å². The summed E-state index contributed by atoms with van der Waals surface area (Å²) in [6.45, 7) is 2.80. The van der Waals surface area contributed by atoms with E-state index in [4.69, 9.17) is 27.9 Å². The fourth-order valence-corrected chi connectivity index (χ4v) is 5.24. The summed E-state index contributed by atoms with van der Waals surface area (Å²) in [5.41, 5.74) is 1.80. The number of thiazole rings is 1. The summed E-state index contributed by atoms with van der Waals surface area (Å²) < 4.78 is 8.67. The molecule has 0 bridgehead atoms. The summed E-state index contributed by atoms with van der Waals surface area (Å²) in [4.78, 5) is 17.0. The maximum absolute atomic E-state index is 12.5. The van der Waals surface area contributed by atoms with E-state index in [2.05, 4.69) is 36.4 Å². The number of halogens is 3. The summed E-state index contributed by atoms with van der Waals surface area (Å²) in [5.74, 6) is 1.15. The van der Waals surface area contributed by atoms with E-state index in [1.54, 1.807) is 18.2 Å². The highest BCUT2D eigenvalue weighted by atomic mass is 79.9. The molecule has 2 heterocycles. The minimum Gasteiger partial charge on any atom is -0.484 e. The predicted octanol–water partition coefficient (Wildman–Crippen LogP) is 6.80. The molecule has 1 amide bonds. The van der Waals surface area contributed by atoms with Gasteiger partial charge in [-0.3, -0.25) is 4.79 Å². The van der Waals surface area contributed by atoms with E-state index in [9.17, 15) is 4.79 Å². The van der Waals surface area contributed by atoms with Crippen LogP contribution in [0, 0.1) is 0 Å². The molecular formula is C22H18BrCl2N5O2S2. The lowest BCUT2D eigenvalue weighted by molar-refractivity contribution is -0.113. The molecule has 0 aliphatic carbocycles. The van der Waals surface area contributed by atoms with Gasteiger partial charge in [-0.2, -0.15) is 0 Å². The van der Waals surface area contributed by atoms with Crippen molar-refractivity contribution < 1.29 is 9.53 Å². The Morgan fingerprint density at radius 2 is 2.00 bits per heavy atom.